The molecule has 2 aliphatic rings. The monoisotopic (exact) mass is 701 g/mol. The molecule has 5 aromatic carbocycles. The first-order chi connectivity index (χ1) is 25.4. The van der Waals surface area contributed by atoms with E-state index >= 15 is 0 Å². The van der Waals surface area contributed by atoms with Crippen molar-refractivity contribution in [3.63, 3.8) is 0 Å². The topological polar surface area (TPSA) is 160 Å². The van der Waals surface area contributed by atoms with Crippen LogP contribution in [0.5, 0.6) is 5.75 Å². The normalized spacial score (nSPS) is 12.8. The van der Waals surface area contributed by atoms with Crippen molar-refractivity contribution < 1.29 is 34.1 Å². The second-order valence-corrected chi connectivity index (χ2v) is 12.1. The summed E-state index contributed by atoms with van der Waals surface area (Å²) in [7, 11) is 3.13. The molecular formula is C42H43N3O7. The Kier molecular flexibility index (Phi) is 13.0. The van der Waals surface area contributed by atoms with Gasteiger partial charge in [-0.3, -0.25) is 10.2 Å². The van der Waals surface area contributed by atoms with Gasteiger partial charge in [0.15, 0.2) is 0 Å². The molecule has 0 fully saturated rings. The zero-order valence-corrected chi connectivity index (χ0v) is 29.1. The van der Waals surface area contributed by atoms with E-state index in [1.54, 1.807) is 31.3 Å². The average molecular weight is 702 g/mol. The standard InChI is InChI=1S/C25H24N2O4.C16H14O3.CH5N/c1-26-27-23(14-16-10-12-17(28)13-11-16)24(29)25(30)31-15-22-20-8-4-2-6-18(20)19-7-3-5-9-21(19)22;17-9-16(18)19-10-15-13-7-3-1-5-11(13)12-6-2-4-8-14(12)15;1-2/h2-13,22-23,26-28H,14-15H2,1H3;1-8,15,17H,9-10H2;2H2,1H3/t23-;;/m0../s1. The number of hydrazine groups is 1. The number of fused-ring (bicyclic) bond motifs is 6. The molecule has 0 aromatic heterocycles. The summed E-state index contributed by atoms with van der Waals surface area (Å²) in [5.41, 5.74) is 20.1. The number of Topliss-reactive ketones (excluding diaryl/α,β-unsaturated/α-hetero) is 1. The van der Waals surface area contributed by atoms with Gasteiger partial charge < -0.3 is 25.4 Å². The van der Waals surface area contributed by atoms with Crippen LogP contribution in [0.2, 0.25) is 0 Å². The van der Waals surface area contributed by atoms with E-state index in [4.69, 9.17) is 14.6 Å². The lowest BCUT2D eigenvalue weighted by atomic mass is 9.98. The van der Waals surface area contributed by atoms with Crippen LogP contribution < -0.4 is 16.6 Å². The summed E-state index contributed by atoms with van der Waals surface area (Å²) in [5.74, 6) is -2.00. The summed E-state index contributed by atoms with van der Waals surface area (Å²) < 4.78 is 10.6. The molecule has 1 atom stereocenters. The van der Waals surface area contributed by atoms with Crippen LogP contribution in [0.3, 0.4) is 0 Å². The van der Waals surface area contributed by atoms with Gasteiger partial charge in [-0.15, -0.1) is 0 Å². The van der Waals surface area contributed by atoms with Gasteiger partial charge in [-0.05, 0) is 82.7 Å². The number of esters is 2. The molecule has 7 rings (SSSR count). The molecule has 0 saturated heterocycles. The average Bonchev–Trinajstić information content (AvgIpc) is 3.69. The predicted molar refractivity (Wildman–Crippen MR) is 199 cm³/mol. The number of ketones is 1. The van der Waals surface area contributed by atoms with Gasteiger partial charge in [0.25, 0.3) is 5.78 Å². The summed E-state index contributed by atoms with van der Waals surface area (Å²) >= 11 is 0. The minimum atomic E-state index is -0.867. The van der Waals surface area contributed by atoms with E-state index in [0.29, 0.717) is 0 Å². The van der Waals surface area contributed by atoms with Gasteiger partial charge in [0, 0.05) is 11.8 Å². The number of carbonyl (C=O) groups is 3. The molecule has 0 spiro atoms. The fourth-order valence-corrected chi connectivity index (χ4v) is 6.72. The smallest absolute Gasteiger partial charge is 0.376 e. The Balaban J connectivity index is 0.000000212. The van der Waals surface area contributed by atoms with Crippen LogP contribution in [0.1, 0.15) is 39.7 Å². The highest BCUT2D eigenvalue weighted by atomic mass is 16.5. The maximum Gasteiger partial charge on any atom is 0.376 e. The number of nitrogens with one attached hydrogen (secondary N) is 2. The number of hydrogen-bond acceptors (Lipinski definition) is 10. The Morgan fingerprint density at radius 1 is 0.654 bits per heavy atom. The Bertz CT molecular complexity index is 1910. The van der Waals surface area contributed by atoms with Crippen LogP contribution in [-0.2, 0) is 30.3 Å². The number of nitrogens with two attached hydrogens (primary N) is 1. The Labute approximate surface area is 303 Å². The zero-order valence-electron chi connectivity index (χ0n) is 29.1. The fraction of sp³-hybridized carbons (Fsp3) is 0.214. The van der Waals surface area contributed by atoms with Crippen LogP contribution in [0, 0.1) is 0 Å². The van der Waals surface area contributed by atoms with Crippen molar-refractivity contribution in [2.45, 2.75) is 24.3 Å². The number of carbonyl (C=O) groups excluding carboxylic acids is 3. The second-order valence-electron chi connectivity index (χ2n) is 12.1. The number of benzene rings is 5. The third-order valence-electron chi connectivity index (χ3n) is 9.06. The number of phenolic OH excluding ortho intramolecular Hbond substituents is 1. The highest BCUT2D eigenvalue weighted by molar-refractivity contribution is 6.35. The van der Waals surface area contributed by atoms with E-state index in [0.717, 1.165) is 27.8 Å². The molecule has 10 nitrogen and oxygen atoms in total. The number of hydrogen-bond donors (Lipinski definition) is 5. The lowest BCUT2D eigenvalue weighted by Crippen LogP contribution is -2.48. The summed E-state index contributed by atoms with van der Waals surface area (Å²) in [4.78, 5) is 36.5. The molecule has 5 aromatic rings. The second kappa shape index (κ2) is 18.0. The van der Waals surface area contributed by atoms with Crippen molar-refractivity contribution in [2.24, 2.45) is 5.73 Å². The van der Waals surface area contributed by atoms with Crippen LogP contribution in [0.15, 0.2) is 121 Å². The number of ether oxygens (including phenoxy) is 2. The van der Waals surface area contributed by atoms with Crippen molar-refractivity contribution in [1.82, 2.24) is 10.9 Å². The first kappa shape index (κ1) is 37.6. The van der Waals surface area contributed by atoms with E-state index < -0.39 is 30.4 Å². The van der Waals surface area contributed by atoms with Gasteiger partial charge in [-0.1, -0.05) is 109 Å². The van der Waals surface area contributed by atoms with Crippen LogP contribution >= 0.6 is 0 Å². The number of aliphatic hydroxyl groups excluding tert-OH is 1. The molecule has 10 heteroatoms. The molecule has 0 unspecified atom stereocenters. The lowest BCUT2D eigenvalue weighted by molar-refractivity contribution is -0.155. The molecule has 2 aliphatic carbocycles. The number of rotatable bonds is 11. The Morgan fingerprint density at radius 3 is 1.46 bits per heavy atom. The molecule has 268 valence electrons. The number of aromatic hydroxyl groups is 1. The van der Waals surface area contributed by atoms with E-state index in [9.17, 15) is 19.5 Å². The minimum Gasteiger partial charge on any atom is -0.508 e. The van der Waals surface area contributed by atoms with Crippen LogP contribution in [0.25, 0.3) is 22.3 Å². The van der Waals surface area contributed by atoms with E-state index in [1.165, 1.54) is 29.3 Å². The maximum atomic E-state index is 12.8. The van der Waals surface area contributed by atoms with Gasteiger partial charge in [0.05, 0.1) is 6.04 Å². The minimum absolute atomic E-state index is 0.0582. The van der Waals surface area contributed by atoms with Gasteiger partial charge >= 0.3 is 11.9 Å². The first-order valence-corrected chi connectivity index (χ1v) is 17.0. The van der Waals surface area contributed by atoms with Crippen molar-refractivity contribution in [3.8, 4) is 28.0 Å². The molecule has 0 aliphatic heterocycles. The zero-order chi connectivity index (χ0) is 37.0. The Morgan fingerprint density at radius 2 is 1.06 bits per heavy atom. The third-order valence-corrected chi connectivity index (χ3v) is 9.06. The van der Waals surface area contributed by atoms with Gasteiger partial charge in [0.2, 0.25) is 0 Å². The largest absolute Gasteiger partial charge is 0.508 e. The lowest BCUT2D eigenvalue weighted by Gasteiger charge is -2.18. The summed E-state index contributed by atoms with van der Waals surface area (Å²) in [6.45, 7) is -0.201. The molecule has 0 saturated carbocycles. The maximum absolute atomic E-state index is 12.8. The predicted octanol–water partition coefficient (Wildman–Crippen LogP) is 4.86. The summed E-state index contributed by atoms with van der Waals surface area (Å²) in [6.07, 6.45) is 0.282. The van der Waals surface area contributed by atoms with Crippen molar-refractivity contribution in [3.05, 3.63) is 149 Å². The van der Waals surface area contributed by atoms with Crippen molar-refractivity contribution in [1.29, 1.82) is 0 Å². The number of phenols is 1. The molecule has 52 heavy (non-hydrogen) atoms. The van der Waals surface area contributed by atoms with Gasteiger partial charge in [-0.2, -0.15) is 0 Å². The third kappa shape index (κ3) is 8.44. The molecule has 0 radical (unpaired) electrons. The molecule has 0 bridgehead atoms. The van der Waals surface area contributed by atoms with Gasteiger partial charge in [-0.25, -0.2) is 15.0 Å². The highest BCUT2D eigenvalue weighted by Gasteiger charge is 2.32. The van der Waals surface area contributed by atoms with Crippen molar-refractivity contribution >= 4 is 17.7 Å². The quantitative estimate of drug-likeness (QED) is 0.0731. The molecule has 6 N–H and O–H groups in total. The fourth-order valence-electron chi connectivity index (χ4n) is 6.72. The first-order valence-electron chi connectivity index (χ1n) is 17.0. The Hall–Kier alpha value is -5.65. The molecule has 0 amide bonds. The van der Waals surface area contributed by atoms with Gasteiger partial charge in [0.1, 0.15) is 25.6 Å². The van der Waals surface area contributed by atoms with E-state index in [2.05, 4.69) is 53.0 Å². The van der Waals surface area contributed by atoms with E-state index in [1.807, 2.05) is 60.7 Å². The summed E-state index contributed by atoms with van der Waals surface area (Å²) in [6, 6.07) is 38.1. The number of aliphatic hydroxyl groups is 1. The molecular weight excluding hydrogens is 658 g/mol. The van der Waals surface area contributed by atoms with Crippen LogP contribution in [0.4, 0.5) is 0 Å². The highest BCUT2D eigenvalue weighted by Crippen LogP contribution is 2.45. The van der Waals surface area contributed by atoms with Crippen LogP contribution in [-0.4, -0.2) is 67.9 Å². The SMILES string of the molecule is CN.CNN[C@@H](Cc1ccc(O)cc1)C(=O)C(=O)OCC1c2ccccc2-c2ccccc21.O=C(CO)OCC1c2ccccc2-c2ccccc21. The summed E-state index contributed by atoms with van der Waals surface area (Å²) in [5, 5.41) is 18.2. The van der Waals surface area contributed by atoms with E-state index in [-0.39, 0.29) is 37.2 Å². The van der Waals surface area contributed by atoms with Crippen molar-refractivity contribution in [2.75, 3.05) is 33.9 Å². The molecule has 0 heterocycles.